The summed E-state index contributed by atoms with van der Waals surface area (Å²) in [7, 11) is 0. The second-order valence-corrected chi connectivity index (χ2v) is 8.71. The largest absolute Gasteiger partial charge is 0.460 e. The molecule has 1 unspecified atom stereocenters. The number of amides is 1. The number of benzene rings is 2. The lowest BCUT2D eigenvalue weighted by molar-refractivity contribution is -0.143. The minimum Gasteiger partial charge on any atom is -0.460 e. The molecule has 0 aliphatic carbocycles. The molecule has 0 aliphatic heterocycles. The lowest BCUT2D eigenvalue weighted by Gasteiger charge is -2.14. The van der Waals surface area contributed by atoms with Gasteiger partial charge >= 0.3 is 5.97 Å². The van der Waals surface area contributed by atoms with E-state index in [-0.39, 0.29) is 12.6 Å². The summed E-state index contributed by atoms with van der Waals surface area (Å²) in [4.78, 5) is 28.6. The number of carbonyl (C=O) groups excluding carboxylic acids is 2. The van der Waals surface area contributed by atoms with Crippen molar-refractivity contribution in [2.75, 3.05) is 0 Å². The van der Waals surface area contributed by atoms with E-state index >= 15 is 0 Å². The van der Waals surface area contributed by atoms with E-state index in [1.807, 2.05) is 41.7 Å². The minimum absolute atomic E-state index is 0.0423. The number of nitrogens with two attached hydrogens (primary N) is 1. The zero-order chi connectivity index (χ0) is 22.8. The van der Waals surface area contributed by atoms with E-state index in [2.05, 4.69) is 11.1 Å². The van der Waals surface area contributed by atoms with E-state index in [0.29, 0.717) is 22.3 Å². The van der Waals surface area contributed by atoms with Gasteiger partial charge in [0.1, 0.15) is 17.9 Å². The van der Waals surface area contributed by atoms with Crippen LogP contribution in [0.2, 0.25) is 0 Å². The Labute approximate surface area is 188 Å². The zero-order valence-corrected chi connectivity index (χ0v) is 18.3. The van der Waals surface area contributed by atoms with Gasteiger partial charge in [-0.2, -0.15) is 5.26 Å². The number of aryl methyl sites for hydroxylation is 1. The van der Waals surface area contributed by atoms with Gasteiger partial charge in [-0.05, 0) is 55.3 Å². The second-order valence-electron chi connectivity index (χ2n) is 7.34. The molecule has 0 saturated heterocycles. The number of fused-ring (bicyclic) bond motifs is 3. The van der Waals surface area contributed by atoms with Crippen LogP contribution < -0.4 is 5.73 Å². The average Bonchev–Trinajstić information content (AvgIpc) is 3.17. The molecule has 2 aromatic carbocycles. The fraction of sp³-hybridized carbons (Fsp3) is 0.167. The Morgan fingerprint density at radius 2 is 2.00 bits per heavy atom. The highest BCUT2D eigenvalue weighted by atomic mass is 32.2. The van der Waals surface area contributed by atoms with Gasteiger partial charge in [0.25, 0.3) is 0 Å². The third-order valence-corrected chi connectivity index (χ3v) is 6.16. The Morgan fingerprint density at radius 1 is 1.22 bits per heavy atom. The predicted molar refractivity (Wildman–Crippen MR) is 122 cm³/mol. The van der Waals surface area contributed by atoms with Crippen molar-refractivity contribution in [3.63, 3.8) is 0 Å². The number of hydrogen-bond acceptors (Lipinski definition) is 6. The molecule has 8 heteroatoms. The first-order chi connectivity index (χ1) is 15.4. The Kier molecular flexibility index (Phi) is 5.84. The molecule has 2 heterocycles. The number of carbonyl (C=O) groups is 2. The number of pyridine rings is 1. The number of nitriles is 1. The van der Waals surface area contributed by atoms with E-state index in [1.54, 1.807) is 31.2 Å². The summed E-state index contributed by atoms with van der Waals surface area (Å²) >= 11 is 1.34. The summed E-state index contributed by atoms with van der Waals surface area (Å²) in [5.74, 6) is -0.922. The Morgan fingerprint density at radius 3 is 2.75 bits per heavy atom. The average molecular weight is 445 g/mol. The number of primary amides is 1. The minimum atomic E-state index is -0.533. The van der Waals surface area contributed by atoms with Crippen LogP contribution in [0.5, 0.6) is 0 Å². The van der Waals surface area contributed by atoms with Crippen molar-refractivity contribution in [3.8, 4) is 6.07 Å². The van der Waals surface area contributed by atoms with Gasteiger partial charge in [0.15, 0.2) is 5.65 Å². The van der Waals surface area contributed by atoms with Crippen molar-refractivity contribution in [3.05, 3.63) is 76.9 Å². The normalized spacial score (nSPS) is 11.9. The van der Waals surface area contributed by atoms with Crippen LogP contribution in [0.1, 0.15) is 34.0 Å². The lowest BCUT2D eigenvalue weighted by atomic mass is 10.1. The SMILES string of the molecule is Cc1cc(SC(C)C(=O)OCc2cccc(C(N)=O)c2)n2c(nc3ccccc32)c1C#N. The predicted octanol–water partition coefficient (Wildman–Crippen LogP) is 3.99. The Balaban J connectivity index is 1.59. The number of thioether (sulfide) groups is 1. The monoisotopic (exact) mass is 444 g/mol. The van der Waals surface area contributed by atoms with Gasteiger partial charge in [-0.15, -0.1) is 0 Å². The van der Waals surface area contributed by atoms with Gasteiger partial charge in [-0.3, -0.25) is 14.0 Å². The first-order valence-corrected chi connectivity index (χ1v) is 10.8. The van der Waals surface area contributed by atoms with E-state index in [1.165, 1.54) is 11.8 Å². The molecule has 0 bridgehead atoms. The van der Waals surface area contributed by atoms with Crippen LogP contribution in [0.3, 0.4) is 0 Å². The van der Waals surface area contributed by atoms with Gasteiger partial charge in [0.2, 0.25) is 5.91 Å². The van der Waals surface area contributed by atoms with Crippen molar-refractivity contribution in [2.45, 2.75) is 30.7 Å². The van der Waals surface area contributed by atoms with Gasteiger partial charge in [0, 0.05) is 5.56 Å². The summed E-state index contributed by atoms with van der Waals surface area (Å²) in [6.45, 7) is 3.67. The number of hydrogen-bond donors (Lipinski definition) is 1. The molecule has 32 heavy (non-hydrogen) atoms. The summed E-state index contributed by atoms with van der Waals surface area (Å²) < 4.78 is 7.37. The van der Waals surface area contributed by atoms with E-state index in [9.17, 15) is 14.9 Å². The Bertz CT molecular complexity index is 1400. The van der Waals surface area contributed by atoms with Crippen LogP contribution in [0.25, 0.3) is 16.7 Å². The lowest BCUT2D eigenvalue weighted by Crippen LogP contribution is -2.18. The van der Waals surface area contributed by atoms with Crippen molar-refractivity contribution in [2.24, 2.45) is 5.73 Å². The molecule has 0 spiro atoms. The fourth-order valence-corrected chi connectivity index (χ4v) is 4.52. The molecule has 4 aromatic rings. The summed E-state index contributed by atoms with van der Waals surface area (Å²) in [5.41, 5.74) is 9.87. The highest BCUT2D eigenvalue weighted by Gasteiger charge is 2.21. The van der Waals surface area contributed by atoms with Crippen molar-refractivity contribution in [1.82, 2.24) is 9.38 Å². The van der Waals surface area contributed by atoms with Gasteiger partial charge in [-0.25, -0.2) is 4.98 Å². The topological polar surface area (TPSA) is 110 Å². The highest BCUT2D eigenvalue weighted by molar-refractivity contribution is 8.00. The third-order valence-electron chi connectivity index (χ3n) is 5.07. The zero-order valence-electron chi connectivity index (χ0n) is 17.5. The molecule has 4 rings (SSSR count). The second kappa shape index (κ2) is 8.73. The number of nitrogens with zero attached hydrogens (tertiary/aromatic N) is 3. The third kappa shape index (κ3) is 4.03. The quantitative estimate of drug-likeness (QED) is 0.356. The van der Waals surface area contributed by atoms with E-state index in [0.717, 1.165) is 21.6 Å². The molecule has 1 amide bonds. The van der Waals surface area contributed by atoms with Gasteiger partial charge < -0.3 is 10.5 Å². The number of para-hydroxylation sites is 2. The van der Waals surface area contributed by atoms with Crippen LogP contribution in [-0.2, 0) is 16.1 Å². The van der Waals surface area contributed by atoms with Crippen LogP contribution in [0.4, 0.5) is 0 Å². The molecule has 0 fully saturated rings. The molecule has 1 atom stereocenters. The van der Waals surface area contributed by atoms with Crippen molar-refractivity contribution >= 4 is 40.3 Å². The first kappa shape index (κ1) is 21.4. The maximum Gasteiger partial charge on any atom is 0.319 e. The van der Waals surface area contributed by atoms with Crippen LogP contribution in [-0.4, -0.2) is 26.5 Å². The van der Waals surface area contributed by atoms with Crippen molar-refractivity contribution < 1.29 is 14.3 Å². The number of ether oxygens (including phenoxy) is 1. The molecule has 2 aromatic heterocycles. The summed E-state index contributed by atoms with van der Waals surface area (Å²) in [6.07, 6.45) is 0. The summed E-state index contributed by atoms with van der Waals surface area (Å²) in [6, 6.07) is 18.5. The highest BCUT2D eigenvalue weighted by Crippen LogP contribution is 2.31. The molecule has 2 N–H and O–H groups in total. The number of aromatic nitrogens is 2. The molecule has 0 radical (unpaired) electrons. The van der Waals surface area contributed by atoms with Gasteiger partial charge in [-0.1, -0.05) is 36.0 Å². The molecule has 7 nitrogen and oxygen atoms in total. The van der Waals surface area contributed by atoms with Gasteiger partial charge in [0.05, 0.1) is 21.6 Å². The molecular formula is C24H20N4O3S. The smallest absolute Gasteiger partial charge is 0.319 e. The molecule has 0 saturated carbocycles. The number of imidazole rings is 1. The maximum absolute atomic E-state index is 12.7. The first-order valence-electron chi connectivity index (χ1n) is 9.92. The van der Waals surface area contributed by atoms with E-state index < -0.39 is 11.2 Å². The Hall–Kier alpha value is -3.83. The number of esters is 1. The van der Waals surface area contributed by atoms with Crippen molar-refractivity contribution in [1.29, 1.82) is 5.26 Å². The molecule has 0 aliphatic rings. The molecule has 160 valence electrons. The fourth-order valence-electron chi connectivity index (χ4n) is 3.46. The molecular weight excluding hydrogens is 424 g/mol. The summed E-state index contributed by atoms with van der Waals surface area (Å²) in [5, 5.41) is 9.91. The maximum atomic E-state index is 12.7. The number of rotatable bonds is 6. The van der Waals surface area contributed by atoms with Crippen LogP contribution >= 0.6 is 11.8 Å². The van der Waals surface area contributed by atoms with Crippen LogP contribution in [0.15, 0.2) is 59.6 Å². The van der Waals surface area contributed by atoms with E-state index in [4.69, 9.17) is 10.5 Å². The standard InChI is InChI=1S/C24H20N4O3S/c1-14-10-21(28-20-9-4-3-8-19(20)27-23(28)18(14)12-25)32-15(2)24(30)31-13-16-6-5-7-17(11-16)22(26)29/h3-11,15H,13H2,1-2H3,(H2,26,29). The van der Waals surface area contributed by atoms with Crippen LogP contribution in [0, 0.1) is 18.3 Å².